The lowest BCUT2D eigenvalue weighted by Crippen LogP contribution is -2.23. The van der Waals surface area contributed by atoms with Crippen LogP contribution in [0.5, 0.6) is 5.75 Å². The van der Waals surface area contributed by atoms with Gasteiger partial charge in [-0.25, -0.2) is 27.8 Å². The molecule has 0 saturated heterocycles. The fraction of sp³-hybridized carbons (Fsp3) is 0.179. The van der Waals surface area contributed by atoms with Gasteiger partial charge in [-0.1, -0.05) is 23.7 Å². The zero-order valence-electron chi connectivity index (χ0n) is 21.6. The number of halogens is 2. The van der Waals surface area contributed by atoms with E-state index in [4.69, 9.17) is 16.3 Å². The lowest BCUT2D eigenvalue weighted by Gasteiger charge is -2.12. The number of benzene rings is 3. The Bertz CT molecular complexity index is 1780. The molecule has 3 aromatic carbocycles. The molecule has 12 heteroatoms. The summed E-state index contributed by atoms with van der Waals surface area (Å²) in [6.07, 6.45) is 4.40. The number of sulfone groups is 1. The lowest BCUT2D eigenvalue weighted by molar-refractivity contribution is 0.306. The summed E-state index contributed by atoms with van der Waals surface area (Å²) in [4.78, 5) is 14.2. The molecular weight excluding hydrogens is 573 g/mol. The minimum Gasteiger partial charge on any atom is -0.487 e. The third-order valence-corrected chi connectivity index (χ3v) is 8.44. The van der Waals surface area contributed by atoms with E-state index in [9.17, 15) is 12.8 Å². The van der Waals surface area contributed by atoms with Crippen molar-refractivity contribution in [2.24, 2.45) is 0 Å². The average molecular weight is 598 g/mol. The first-order valence-corrected chi connectivity index (χ1v) is 15.4. The summed E-state index contributed by atoms with van der Waals surface area (Å²) in [5.41, 5.74) is 2.99. The monoisotopic (exact) mass is 597 g/mol. The van der Waals surface area contributed by atoms with E-state index in [1.165, 1.54) is 36.1 Å². The fourth-order valence-electron chi connectivity index (χ4n) is 4.10. The quantitative estimate of drug-likeness (QED) is 0.197. The number of nitrogens with zero attached hydrogens (tertiary/aromatic N) is 3. The van der Waals surface area contributed by atoms with Crippen LogP contribution in [-0.4, -0.2) is 42.4 Å². The van der Waals surface area contributed by atoms with Crippen LogP contribution in [0.15, 0.2) is 73.2 Å². The fourth-order valence-corrected chi connectivity index (χ4v) is 6.42. The summed E-state index contributed by atoms with van der Waals surface area (Å²) in [6.45, 7) is 0.186. The van der Waals surface area contributed by atoms with Gasteiger partial charge in [-0.15, -0.1) is 11.3 Å². The van der Waals surface area contributed by atoms with Gasteiger partial charge < -0.3 is 15.4 Å². The van der Waals surface area contributed by atoms with Gasteiger partial charge in [0.1, 0.15) is 45.2 Å². The summed E-state index contributed by atoms with van der Waals surface area (Å²) in [6, 6.07) is 16.9. The Kier molecular flexibility index (Phi) is 8.27. The van der Waals surface area contributed by atoms with Crippen LogP contribution in [0.2, 0.25) is 5.02 Å². The predicted molar refractivity (Wildman–Crippen MR) is 158 cm³/mol. The second-order valence-corrected chi connectivity index (χ2v) is 12.8. The number of ether oxygens (including phenoxy) is 1. The summed E-state index contributed by atoms with van der Waals surface area (Å²) >= 11 is 7.91. The van der Waals surface area contributed by atoms with E-state index >= 15 is 0 Å². The second kappa shape index (κ2) is 11.8. The van der Waals surface area contributed by atoms with Gasteiger partial charge in [0.05, 0.1) is 22.3 Å². The van der Waals surface area contributed by atoms with Crippen LogP contribution in [0.25, 0.3) is 21.5 Å². The Labute approximate surface area is 240 Å². The molecule has 1 unspecified atom stereocenters. The van der Waals surface area contributed by atoms with Crippen molar-refractivity contribution < 1.29 is 17.5 Å². The molecule has 2 N–H and O–H groups in total. The van der Waals surface area contributed by atoms with Crippen LogP contribution in [0.4, 0.5) is 15.9 Å². The molecule has 0 bridgehead atoms. The largest absolute Gasteiger partial charge is 0.487 e. The van der Waals surface area contributed by atoms with E-state index in [2.05, 4.69) is 25.6 Å². The number of rotatable bonds is 10. The Hall–Kier alpha value is -3.64. The molecule has 8 nitrogen and oxygen atoms in total. The van der Waals surface area contributed by atoms with Gasteiger partial charge in [-0.2, -0.15) is 0 Å². The summed E-state index contributed by atoms with van der Waals surface area (Å²) in [5.74, 6) is 0.721. The predicted octanol–water partition coefficient (Wildman–Crippen LogP) is 6.17. The molecule has 206 valence electrons. The molecule has 0 aliphatic rings. The Morgan fingerprint density at radius 1 is 1.07 bits per heavy atom. The molecule has 0 radical (unpaired) electrons. The molecule has 2 heterocycles. The number of nitrogens with one attached hydrogen (secondary N) is 2. The van der Waals surface area contributed by atoms with Crippen LogP contribution in [0.3, 0.4) is 0 Å². The van der Waals surface area contributed by atoms with Crippen molar-refractivity contribution in [3.63, 3.8) is 0 Å². The van der Waals surface area contributed by atoms with Crippen LogP contribution < -0.4 is 15.4 Å². The maximum absolute atomic E-state index is 13.4. The van der Waals surface area contributed by atoms with Crippen molar-refractivity contribution in [3.8, 4) is 16.3 Å². The second-order valence-electron chi connectivity index (χ2n) is 9.14. The summed E-state index contributed by atoms with van der Waals surface area (Å²) in [7, 11) is -1.43. The third-order valence-electron chi connectivity index (χ3n) is 6.05. The maximum Gasteiger partial charge on any atom is 0.149 e. The molecule has 0 spiro atoms. The van der Waals surface area contributed by atoms with E-state index in [0.717, 1.165) is 26.4 Å². The lowest BCUT2D eigenvalue weighted by atomic mass is 10.1. The number of fused-ring (bicyclic) bond motifs is 1. The number of anilines is 2. The molecule has 40 heavy (non-hydrogen) atoms. The smallest absolute Gasteiger partial charge is 0.149 e. The van der Waals surface area contributed by atoms with Gasteiger partial charge in [-0.05, 0) is 61.1 Å². The molecule has 1 atom stereocenters. The number of hydrogen-bond donors (Lipinski definition) is 2. The summed E-state index contributed by atoms with van der Waals surface area (Å²) < 4.78 is 42.9. The molecule has 0 aliphatic heterocycles. The van der Waals surface area contributed by atoms with E-state index in [-0.39, 0.29) is 24.2 Å². The van der Waals surface area contributed by atoms with Crippen molar-refractivity contribution in [1.29, 1.82) is 0 Å². The Balaban J connectivity index is 1.36. The number of hydrogen-bond acceptors (Lipinski definition) is 9. The van der Waals surface area contributed by atoms with Crippen molar-refractivity contribution in [3.05, 3.63) is 94.5 Å². The third kappa shape index (κ3) is 6.73. The van der Waals surface area contributed by atoms with Crippen molar-refractivity contribution in [1.82, 2.24) is 20.3 Å². The molecule has 5 aromatic rings. The van der Waals surface area contributed by atoms with Gasteiger partial charge >= 0.3 is 0 Å². The first kappa shape index (κ1) is 27.9. The zero-order chi connectivity index (χ0) is 28.3. The van der Waals surface area contributed by atoms with Crippen molar-refractivity contribution >= 4 is 55.2 Å². The molecule has 2 aromatic heterocycles. The van der Waals surface area contributed by atoms with Gasteiger partial charge in [0.25, 0.3) is 0 Å². The topological polar surface area (TPSA) is 106 Å². The highest BCUT2D eigenvalue weighted by Crippen LogP contribution is 2.34. The maximum atomic E-state index is 13.4. The molecular formula is C28H25ClFN5O3S2. The Morgan fingerprint density at radius 3 is 2.67 bits per heavy atom. The zero-order valence-corrected chi connectivity index (χ0v) is 23.9. The molecule has 0 aliphatic carbocycles. The van der Waals surface area contributed by atoms with Crippen LogP contribution in [0, 0.1) is 5.82 Å². The van der Waals surface area contributed by atoms with E-state index in [1.54, 1.807) is 37.5 Å². The minimum atomic E-state index is -3.17. The first-order chi connectivity index (χ1) is 19.2. The van der Waals surface area contributed by atoms with Crippen molar-refractivity contribution in [2.45, 2.75) is 12.6 Å². The van der Waals surface area contributed by atoms with E-state index < -0.39 is 9.84 Å². The van der Waals surface area contributed by atoms with Gasteiger partial charge in [0.2, 0.25) is 0 Å². The first-order valence-electron chi connectivity index (χ1n) is 12.2. The molecule has 0 amide bonds. The number of aromatic nitrogens is 3. The van der Waals surface area contributed by atoms with E-state index in [1.807, 2.05) is 24.3 Å². The van der Waals surface area contributed by atoms with Gasteiger partial charge in [0.15, 0.2) is 0 Å². The minimum absolute atomic E-state index is 0.0119. The van der Waals surface area contributed by atoms with Gasteiger partial charge in [0, 0.05) is 34.0 Å². The van der Waals surface area contributed by atoms with E-state index in [0.29, 0.717) is 27.8 Å². The highest BCUT2D eigenvalue weighted by atomic mass is 35.5. The number of thiazole rings is 1. The van der Waals surface area contributed by atoms with Crippen LogP contribution in [0.1, 0.15) is 16.5 Å². The molecule has 0 saturated carbocycles. The normalized spacial score (nSPS) is 12.4. The average Bonchev–Trinajstić information content (AvgIpc) is 3.41. The van der Waals surface area contributed by atoms with Crippen molar-refractivity contribution in [2.75, 3.05) is 24.4 Å². The molecule has 0 fully saturated rings. The molecule has 5 rings (SSSR count). The Morgan fingerprint density at radius 2 is 1.93 bits per heavy atom. The van der Waals surface area contributed by atoms with Crippen LogP contribution in [-0.2, 0) is 16.4 Å². The van der Waals surface area contributed by atoms with Crippen LogP contribution >= 0.6 is 22.9 Å². The highest BCUT2D eigenvalue weighted by Gasteiger charge is 2.19. The van der Waals surface area contributed by atoms with Gasteiger partial charge in [-0.3, -0.25) is 0 Å². The standard InChI is InChI=1S/C28H25ClFN5O3S2/c1-31-24(15-40(2,36)37)26-13-32-28(39-26)18-6-8-23-21(11-18)27(34-16-33-23)35-20-7-9-25(22(29)12-20)38-14-17-4-3-5-19(30)10-17/h3-13,16,24,31H,14-15H2,1-2H3,(H,33,34,35). The highest BCUT2D eigenvalue weighted by molar-refractivity contribution is 7.90. The SMILES string of the molecule is CNC(CS(C)(=O)=O)c1cnc(-c2ccc3ncnc(Nc4ccc(OCc5cccc(F)c5)c(Cl)c4)c3c2)s1. The summed E-state index contributed by atoms with van der Waals surface area (Å²) in [5, 5.41) is 8.28.